The van der Waals surface area contributed by atoms with E-state index in [1.54, 1.807) is 0 Å². The molecule has 0 aliphatic rings. The quantitative estimate of drug-likeness (QED) is 0.763. The summed E-state index contributed by atoms with van der Waals surface area (Å²) in [5, 5.41) is 8.63. The van der Waals surface area contributed by atoms with Gasteiger partial charge < -0.3 is 4.74 Å². The van der Waals surface area contributed by atoms with Crippen molar-refractivity contribution in [3.8, 4) is 17.9 Å². The Morgan fingerprint density at radius 3 is 2.83 bits per heavy atom. The van der Waals surface area contributed by atoms with E-state index >= 15 is 0 Å². The lowest BCUT2D eigenvalue weighted by Gasteiger charge is -1.92. The Morgan fingerprint density at radius 2 is 2.17 bits per heavy atom. The van der Waals surface area contributed by atoms with Crippen LogP contribution in [0.4, 0.5) is 5.95 Å². The first-order chi connectivity index (χ1) is 8.78. The summed E-state index contributed by atoms with van der Waals surface area (Å²) in [5.41, 5.74) is 0.766. The molecule has 2 aromatic rings. The number of methoxy groups -OCH3 is 1. The molecule has 90 valence electrons. The lowest BCUT2D eigenvalue weighted by Crippen LogP contribution is -2.09. The Balaban J connectivity index is 1.99. The molecular formula is C12H10N4O2. The summed E-state index contributed by atoms with van der Waals surface area (Å²) < 4.78 is 4.76. The first kappa shape index (κ1) is 11.7. The fourth-order valence-corrected chi connectivity index (χ4v) is 1.18. The minimum absolute atomic E-state index is 0.154. The summed E-state index contributed by atoms with van der Waals surface area (Å²) in [7, 11) is 1.43. The van der Waals surface area contributed by atoms with Crippen LogP contribution in [0.3, 0.4) is 0 Å². The zero-order valence-electron chi connectivity index (χ0n) is 9.60. The minimum Gasteiger partial charge on any atom is -0.466 e. The van der Waals surface area contributed by atoms with Crippen molar-refractivity contribution in [2.24, 2.45) is 0 Å². The largest absolute Gasteiger partial charge is 0.466 e. The molecule has 0 fully saturated rings. The van der Waals surface area contributed by atoms with Gasteiger partial charge >= 0.3 is 11.9 Å². The second kappa shape index (κ2) is 5.50. The van der Waals surface area contributed by atoms with Gasteiger partial charge in [-0.2, -0.15) is 4.98 Å². The van der Waals surface area contributed by atoms with Crippen molar-refractivity contribution in [1.29, 1.82) is 0 Å². The summed E-state index contributed by atoms with van der Waals surface area (Å²) in [5.74, 6) is 4.90. The molecule has 18 heavy (non-hydrogen) atoms. The summed E-state index contributed by atoms with van der Waals surface area (Å²) in [6.07, 6.45) is 0. The van der Waals surface area contributed by atoms with E-state index in [4.69, 9.17) is 4.74 Å². The number of amides is 1. The highest BCUT2D eigenvalue weighted by molar-refractivity contribution is 6.03. The lowest BCUT2D eigenvalue weighted by atomic mass is 10.2. The standard InChI is InChI=1S/C12H10N4O2/c1-18-12-14-11(15-16-12)13-10(17)8-7-9-5-3-2-4-6-9/h2-6H,1H3,(H2,13,14,15,16,17). The average molecular weight is 242 g/mol. The minimum atomic E-state index is -0.474. The molecule has 0 aliphatic carbocycles. The number of H-pyrrole nitrogens is 1. The SMILES string of the molecule is COc1n[nH]c(NC(=O)C#Cc2ccccc2)n1. The van der Waals surface area contributed by atoms with Gasteiger partial charge in [0.1, 0.15) is 0 Å². The van der Waals surface area contributed by atoms with Gasteiger partial charge in [0.05, 0.1) is 7.11 Å². The highest BCUT2D eigenvalue weighted by Gasteiger charge is 2.04. The molecular weight excluding hydrogens is 232 g/mol. The summed E-state index contributed by atoms with van der Waals surface area (Å²) >= 11 is 0. The number of ether oxygens (including phenoxy) is 1. The van der Waals surface area contributed by atoms with Gasteiger partial charge in [-0.1, -0.05) is 24.1 Å². The molecule has 0 spiro atoms. The third kappa shape index (κ3) is 3.09. The number of hydrogen-bond acceptors (Lipinski definition) is 4. The van der Waals surface area contributed by atoms with Crippen LogP contribution in [0.5, 0.6) is 6.01 Å². The number of nitrogens with zero attached hydrogens (tertiary/aromatic N) is 2. The first-order valence-electron chi connectivity index (χ1n) is 5.12. The van der Waals surface area contributed by atoms with Crippen molar-refractivity contribution in [2.45, 2.75) is 0 Å². The number of hydrogen-bond donors (Lipinski definition) is 2. The van der Waals surface area contributed by atoms with Crippen LogP contribution in [-0.4, -0.2) is 28.2 Å². The van der Waals surface area contributed by atoms with Crippen LogP contribution < -0.4 is 10.1 Å². The van der Waals surface area contributed by atoms with Gasteiger partial charge in [0, 0.05) is 11.5 Å². The summed E-state index contributed by atoms with van der Waals surface area (Å²) in [6.45, 7) is 0. The van der Waals surface area contributed by atoms with Gasteiger partial charge in [-0.25, -0.2) is 5.10 Å². The normalized spacial score (nSPS) is 9.17. The Labute approximate surface area is 103 Å². The van der Waals surface area contributed by atoms with E-state index in [0.717, 1.165) is 5.56 Å². The molecule has 6 nitrogen and oxygen atoms in total. The van der Waals surface area contributed by atoms with Crippen molar-refractivity contribution in [2.75, 3.05) is 12.4 Å². The number of carbonyl (C=O) groups excluding carboxylic acids is 1. The van der Waals surface area contributed by atoms with Crippen LogP contribution in [-0.2, 0) is 4.79 Å². The van der Waals surface area contributed by atoms with Crippen LogP contribution in [0, 0.1) is 11.8 Å². The van der Waals surface area contributed by atoms with Crippen LogP contribution in [0.2, 0.25) is 0 Å². The van der Waals surface area contributed by atoms with Crippen molar-refractivity contribution < 1.29 is 9.53 Å². The van der Waals surface area contributed by atoms with E-state index in [-0.39, 0.29) is 12.0 Å². The van der Waals surface area contributed by atoms with Crippen molar-refractivity contribution >= 4 is 11.9 Å². The molecule has 1 aromatic heterocycles. The molecule has 1 heterocycles. The predicted octanol–water partition coefficient (Wildman–Crippen LogP) is 0.804. The Hall–Kier alpha value is -2.81. The van der Waals surface area contributed by atoms with E-state index in [1.165, 1.54) is 7.11 Å². The maximum Gasteiger partial charge on any atom is 0.336 e. The van der Waals surface area contributed by atoms with Gasteiger partial charge in [-0.3, -0.25) is 10.1 Å². The van der Waals surface area contributed by atoms with E-state index in [0.29, 0.717) is 0 Å². The second-order valence-corrected chi connectivity index (χ2v) is 3.24. The average Bonchev–Trinajstić information content (AvgIpc) is 2.85. The third-order valence-corrected chi connectivity index (χ3v) is 1.97. The molecule has 1 amide bonds. The van der Waals surface area contributed by atoms with Crippen LogP contribution >= 0.6 is 0 Å². The maximum atomic E-state index is 11.5. The van der Waals surface area contributed by atoms with Gasteiger partial charge in [-0.15, -0.1) is 5.10 Å². The monoisotopic (exact) mass is 242 g/mol. The van der Waals surface area contributed by atoms with E-state index < -0.39 is 5.91 Å². The van der Waals surface area contributed by atoms with E-state index in [9.17, 15) is 4.79 Å². The molecule has 0 radical (unpaired) electrons. The number of rotatable bonds is 2. The number of anilines is 1. The molecule has 0 unspecified atom stereocenters. The topological polar surface area (TPSA) is 79.9 Å². The van der Waals surface area contributed by atoms with Crippen LogP contribution in [0.15, 0.2) is 30.3 Å². The Morgan fingerprint density at radius 1 is 1.39 bits per heavy atom. The van der Waals surface area contributed by atoms with Gasteiger partial charge in [0.2, 0.25) is 5.95 Å². The highest BCUT2D eigenvalue weighted by Crippen LogP contribution is 2.03. The third-order valence-electron chi connectivity index (χ3n) is 1.97. The van der Waals surface area contributed by atoms with E-state index in [2.05, 4.69) is 32.3 Å². The molecule has 1 aromatic carbocycles. The fraction of sp³-hybridized carbons (Fsp3) is 0.0833. The number of benzene rings is 1. The zero-order valence-corrected chi connectivity index (χ0v) is 9.60. The molecule has 0 saturated heterocycles. The first-order valence-corrected chi connectivity index (χ1v) is 5.12. The molecule has 6 heteroatoms. The van der Waals surface area contributed by atoms with Crippen LogP contribution in [0.1, 0.15) is 5.56 Å². The molecule has 2 rings (SSSR count). The summed E-state index contributed by atoms with van der Waals surface area (Å²) in [4.78, 5) is 15.3. The fourth-order valence-electron chi connectivity index (χ4n) is 1.18. The van der Waals surface area contributed by atoms with Crippen LogP contribution in [0.25, 0.3) is 0 Å². The van der Waals surface area contributed by atoms with Crippen molar-refractivity contribution in [1.82, 2.24) is 15.2 Å². The maximum absolute atomic E-state index is 11.5. The lowest BCUT2D eigenvalue weighted by molar-refractivity contribution is -0.111. The predicted molar refractivity (Wildman–Crippen MR) is 64.9 cm³/mol. The number of aromatic nitrogens is 3. The molecule has 0 atom stereocenters. The molecule has 0 saturated carbocycles. The molecule has 0 bridgehead atoms. The number of aromatic amines is 1. The van der Waals surface area contributed by atoms with Gasteiger partial charge in [0.25, 0.3) is 0 Å². The van der Waals surface area contributed by atoms with Crippen molar-refractivity contribution in [3.05, 3.63) is 35.9 Å². The highest BCUT2D eigenvalue weighted by atomic mass is 16.5. The number of carbonyl (C=O) groups is 1. The van der Waals surface area contributed by atoms with E-state index in [1.807, 2.05) is 30.3 Å². The number of nitrogens with one attached hydrogen (secondary N) is 2. The Kier molecular flexibility index (Phi) is 3.56. The van der Waals surface area contributed by atoms with Gasteiger partial charge in [-0.05, 0) is 12.1 Å². The smallest absolute Gasteiger partial charge is 0.336 e. The summed E-state index contributed by atoms with van der Waals surface area (Å²) in [6, 6.07) is 9.37. The zero-order chi connectivity index (χ0) is 12.8. The second-order valence-electron chi connectivity index (χ2n) is 3.24. The molecule has 0 aliphatic heterocycles. The van der Waals surface area contributed by atoms with Crippen molar-refractivity contribution in [3.63, 3.8) is 0 Å². The van der Waals surface area contributed by atoms with Gasteiger partial charge in [0.15, 0.2) is 0 Å². The molecule has 2 N–H and O–H groups in total. The Bertz CT molecular complexity index is 595.